The molecule has 100 valence electrons. The summed E-state index contributed by atoms with van der Waals surface area (Å²) in [6.07, 6.45) is 2.06. The highest BCUT2D eigenvalue weighted by Crippen LogP contribution is 2.41. The van der Waals surface area contributed by atoms with Gasteiger partial charge in [-0.1, -0.05) is 20.3 Å². The van der Waals surface area contributed by atoms with E-state index in [1.165, 1.54) is 11.5 Å². The van der Waals surface area contributed by atoms with Gasteiger partial charge in [0.25, 0.3) is 0 Å². The highest BCUT2D eigenvalue weighted by molar-refractivity contribution is 8.06. The number of thioether (sulfide) groups is 2. The van der Waals surface area contributed by atoms with E-state index in [1.54, 1.807) is 0 Å². The van der Waals surface area contributed by atoms with Gasteiger partial charge >= 0.3 is 0 Å². The first-order chi connectivity index (χ1) is 8.74. The molecule has 0 aliphatic carbocycles. The van der Waals surface area contributed by atoms with Gasteiger partial charge in [0.2, 0.25) is 0 Å². The Kier molecular flexibility index (Phi) is 5.14. The van der Waals surface area contributed by atoms with E-state index in [9.17, 15) is 0 Å². The minimum absolute atomic E-state index is 0.382. The zero-order chi connectivity index (χ0) is 13.0. The lowest BCUT2D eigenvalue weighted by atomic mass is 10.2. The molecule has 6 heteroatoms. The Hall–Kier alpha value is -0.460. The number of aryl methyl sites for hydroxylation is 1. The van der Waals surface area contributed by atoms with E-state index >= 15 is 0 Å². The number of nitrogens with one attached hydrogen (secondary N) is 1. The minimum Gasteiger partial charge on any atom is -0.308 e. The first-order valence-electron chi connectivity index (χ1n) is 6.32. The molecule has 0 aromatic carbocycles. The van der Waals surface area contributed by atoms with Gasteiger partial charge in [-0.2, -0.15) is 11.8 Å². The van der Waals surface area contributed by atoms with Crippen molar-refractivity contribution in [3.63, 3.8) is 0 Å². The average Bonchev–Trinajstić information content (AvgIpc) is 2.39. The molecule has 1 saturated heterocycles. The minimum atomic E-state index is 0.382. The molecule has 0 bridgehead atoms. The first kappa shape index (κ1) is 14.0. The molecule has 2 atom stereocenters. The number of hydrogen-bond acceptors (Lipinski definition) is 6. The molecule has 0 radical (unpaired) electrons. The Balaban J connectivity index is 2.27. The van der Waals surface area contributed by atoms with Gasteiger partial charge in [0.15, 0.2) is 0 Å². The van der Waals surface area contributed by atoms with Gasteiger partial charge in [0, 0.05) is 28.5 Å². The average molecular weight is 284 g/mol. The zero-order valence-electron chi connectivity index (χ0n) is 10.8. The highest BCUT2D eigenvalue weighted by Gasteiger charge is 2.27. The number of anilines is 1. The molecule has 1 aliphatic rings. The van der Waals surface area contributed by atoms with Gasteiger partial charge in [-0.25, -0.2) is 15.8 Å². The molecule has 1 aromatic rings. The Bertz CT molecular complexity index is 400. The lowest BCUT2D eigenvalue weighted by Gasteiger charge is -2.27. The van der Waals surface area contributed by atoms with Crippen LogP contribution in [0.1, 0.15) is 37.0 Å². The van der Waals surface area contributed by atoms with Gasteiger partial charge in [0.05, 0.1) is 5.25 Å². The Labute approximate surface area is 117 Å². The summed E-state index contributed by atoms with van der Waals surface area (Å²) in [6.45, 7) is 4.41. The van der Waals surface area contributed by atoms with E-state index < -0.39 is 0 Å². The van der Waals surface area contributed by atoms with E-state index in [4.69, 9.17) is 10.8 Å². The maximum absolute atomic E-state index is 5.50. The van der Waals surface area contributed by atoms with E-state index in [0.29, 0.717) is 10.5 Å². The molecule has 1 fully saturated rings. The smallest absolute Gasteiger partial charge is 0.145 e. The third kappa shape index (κ3) is 3.30. The number of nitrogens with two attached hydrogens (primary N) is 1. The summed E-state index contributed by atoms with van der Waals surface area (Å²) in [7, 11) is 0. The maximum atomic E-state index is 5.50. The molecule has 4 nitrogen and oxygen atoms in total. The van der Waals surface area contributed by atoms with Crippen LogP contribution in [0.2, 0.25) is 0 Å². The van der Waals surface area contributed by atoms with Crippen LogP contribution >= 0.6 is 23.5 Å². The van der Waals surface area contributed by atoms with E-state index in [1.807, 2.05) is 29.6 Å². The van der Waals surface area contributed by atoms with Gasteiger partial charge in [0.1, 0.15) is 11.6 Å². The predicted octanol–water partition coefficient (Wildman–Crippen LogP) is 2.62. The van der Waals surface area contributed by atoms with Gasteiger partial charge < -0.3 is 5.43 Å². The second kappa shape index (κ2) is 6.63. The van der Waals surface area contributed by atoms with Crippen molar-refractivity contribution >= 4 is 29.3 Å². The largest absolute Gasteiger partial charge is 0.308 e. The third-order valence-corrected chi connectivity index (χ3v) is 5.98. The highest BCUT2D eigenvalue weighted by atomic mass is 32.2. The van der Waals surface area contributed by atoms with Crippen LogP contribution in [0.25, 0.3) is 0 Å². The predicted molar refractivity (Wildman–Crippen MR) is 81.0 cm³/mol. The van der Waals surface area contributed by atoms with Crippen LogP contribution in [-0.2, 0) is 6.42 Å². The Morgan fingerprint density at radius 3 is 2.83 bits per heavy atom. The molecule has 2 unspecified atom stereocenters. The van der Waals surface area contributed by atoms with Crippen molar-refractivity contribution in [2.75, 3.05) is 16.9 Å². The van der Waals surface area contributed by atoms with Crippen molar-refractivity contribution in [3.8, 4) is 0 Å². The molecule has 0 saturated carbocycles. The molecule has 18 heavy (non-hydrogen) atoms. The summed E-state index contributed by atoms with van der Waals surface area (Å²) >= 11 is 3.96. The molecule has 1 aliphatic heterocycles. The van der Waals surface area contributed by atoms with Crippen molar-refractivity contribution in [2.45, 2.75) is 37.2 Å². The van der Waals surface area contributed by atoms with E-state index in [0.717, 1.165) is 30.2 Å². The third-order valence-electron chi connectivity index (χ3n) is 2.89. The number of aromatic nitrogens is 2. The Morgan fingerprint density at radius 1 is 1.39 bits per heavy atom. The van der Waals surface area contributed by atoms with Crippen LogP contribution in [0.3, 0.4) is 0 Å². The monoisotopic (exact) mass is 284 g/mol. The van der Waals surface area contributed by atoms with Crippen molar-refractivity contribution in [1.82, 2.24) is 9.97 Å². The number of hydrogen-bond donors (Lipinski definition) is 2. The van der Waals surface area contributed by atoms with Crippen LogP contribution in [0.15, 0.2) is 6.07 Å². The summed E-state index contributed by atoms with van der Waals surface area (Å²) in [5, 5.41) is 0.943. The van der Waals surface area contributed by atoms with Gasteiger partial charge in [-0.3, -0.25) is 0 Å². The van der Waals surface area contributed by atoms with Crippen molar-refractivity contribution < 1.29 is 0 Å². The van der Waals surface area contributed by atoms with Crippen molar-refractivity contribution in [2.24, 2.45) is 5.84 Å². The molecule has 1 aromatic heterocycles. The quantitative estimate of drug-likeness (QED) is 0.654. The molecule has 2 heterocycles. The Morgan fingerprint density at radius 2 is 2.17 bits per heavy atom. The maximum Gasteiger partial charge on any atom is 0.145 e. The number of rotatable bonds is 4. The number of hydrazine groups is 1. The van der Waals surface area contributed by atoms with Crippen molar-refractivity contribution in [1.29, 1.82) is 0 Å². The first-order valence-corrected chi connectivity index (χ1v) is 8.42. The summed E-state index contributed by atoms with van der Waals surface area (Å²) in [5.74, 6) is 9.55. The topological polar surface area (TPSA) is 63.8 Å². The van der Waals surface area contributed by atoms with Gasteiger partial charge in [-0.05, 0) is 6.42 Å². The van der Waals surface area contributed by atoms with Crippen LogP contribution in [0, 0.1) is 0 Å². The van der Waals surface area contributed by atoms with Crippen LogP contribution in [0.4, 0.5) is 5.82 Å². The SMILES string of the molecule is CCCc1cc(NN)nc(C2SCCSC2C)n1. The summed E-state index contributed by atoms with van der Waals surface area (Å²) in [5.41, 5.74) is 3.74. The van der Waals surface area contributed by atoms with Crippen LogP contribution < -0.4 is 11.3 Å². The normalized spacial score (nSPS) is 23.9. The van der Waals surface area contributed by atoms with Crippen LogP contribution in [0.5, 0.6) is 0 Å². The molecular weight excluding hydrogens is 264 g/mol. The van der Waals surface area contributed by atoms with Crippen LogP contribution in [-0.4, -0.2) is 26.7 Å². The fourth-order valence-electron chi connectivity index (χ4n) is 2.02. The molecular formula is C12H20N4S2. The standard InChI is InChI=1S/C12H20N4S2/c1-3-4-9-7-10(16-13)15-12(14-9)11-8(2)17-5-6-18-11/h7-8,11H,3-6,13H2,1-2H3,(H,14,15,16). The fraction of sp³-hybridized carbons (Fsp3) is 0.667. The van der Waals surface area contributed by atoms with Gasteiger partial charge in [-0.15, -0.1) is 11.8 Å². The molecule has 3 N–H and O–H groups in total. The molecule has 0 spiro atoms. The van der Waals surface area contributed by atoms with Crippen molar-refractivity contribution in [3.05, 3.63) is 17.6 Å². The molecule has 2 rings (SSSR count). The summed E-state index contributed by atoms with van der Waals surface area (Å²) in [4.78, 5) is 9.23. The number of nitrogen functional groups attached to an aromatic ring is 1. The zero-order valence-corrected chi connectivity index (χ0v) is 12.5. The fourth-order valence-corrected chi connectivity index (χ4v) is 4.71. The second-order valence-electron chi connectivity index (χ2n) is 4.36. The lowest BCUT2D eigenvalue weighted by Crippen LogP contribution is -2.20. The summed E-state index contributed by atoms with van der Waals surface area (Å²) in [6, 6.07) is 1.94. The second-order valence-corrected chi connectivity index (χ2v) is 7.10. The van der Waals surface area contributed by atoms with E-state index in [2.05, 4.69) is 24.3 Å². The lowest BCUT2D eigenvalue weighted by molar-refractivity contribution is 0.787. The van der Waals surface area contributed by atoms with E-state index in [-0.39, 0.29) is 0 Å². The molecule has 0 amide bonds. The summed E-state index contributed by atoms with van der Waals surface area (Å²) < 4.78 is 0. The number of nitrogens with zero attached hydrogens (tertiary/aromatic N) is 2.